The van der Waals surface area contributed by atoms with Crippen LogP contribution in [0.15, 0.2) is 29.2 Å². The zero-order chi connectivity index (χ0) is 13.1. The van der Waals surface area contributed by atoms with E-state index in [1.165, 1.54) is 6.26 Å². The van der Waals surface area contributed by atoms with Crippen LogP contribution in [-0.2, 0) is 9.84 Å². The second-order valence-electron chi connectivity index (χ2n) is 4.69. The monoisotopic (exact) mass is 256 g/mol. The molecule has 0 bridgehead atoms. The first-order valence-corrected chi connectivity index (χ1v) is 7.50. The van der Waals surface area contributed by atoms with E-state index in [4.69, 9.17) is 5.84 Å². The van der Waals surface area contributed by atoms with Crippen LogP contribution in [0, 0.1) is 5.92 Å². The molecule has 17 heavy (non-hydrogen) atoms. The molecule has 1 aromatic rings. The first kappa shape index (κ1) is 14.2. The molecule has 0 spiro atoms. The standard InChI is InChI=1S/C12H20N2O2S/c1-9(2)8-12(14-13)10-4-6-11(7-5-10)17(3,15)16/h4-7,9,12,14H,8,13H2,1-3H3. The third kappa shape index (κ3) is 4.11. The molecule has 0 saturated heterocycles. The average molecular weight is 256 g/mol. The summed E-state index contributed by atoms with van der Waals surface area (Å²) in [6, 6.07) is 6.92. The molecule has 1 aromatic carbocycles. The molecule has 5 heteroatoms. The van der Waals surface area contributed by atoms with Crippen LogP contribution >= 0.6 is 0 Å². The van der Waals surface area contributed by atoms with Gasteiger partial charge in [-0.25, -0.2) is 8.42 Å². The number of rotatable bonds is 5. The van der Waals surface area contributed by atoms with Crippen LogP contribution in [-0.4, -0.2) is 14.7 Å². The third-order valence-electron chi connectivity index (χ3n) is 2.62. The molecule has 0 aliphatic heterocycles. The maximum absolute atomic E-state index is 11.3. The fourth-order valence-corrected chi connectivity index (χ4v) is 2.35. The Bertz CT molecular complexity index is 452. The molecular weight excluding hydrogens is 236 g/mol. The summed E-state index contributed by atoms with van der Waals surface area (Å²) in [6.45, 7) is 4.24. The first-order valence-electron chi connectivity index (χ1n) is 5.60. The van der Waals surface area contributed by atoms with Gasteiger partial charge in [-0.2, -0.15) is 0 Å². The Morgan fingerprint density at radius 1 is 1.24 bits per heavy atom. The Hall–Kier alpha value is -0.910. The minimum Gasteiger partial charge on any atom is -0.271 e. The van der Waals surface area contributed by atoms with E-state index in [2.05, 4.69) is 19.3 Å². The molecule has 0 aliphatic carbocycles. The Kier molecular flexibility index (Phi) is 4.68. The van der Waals surface area contributed by atoms with Gasteiger partial charge in [-0.3, -0.25) is 11.3 Å². The van der Waals surface area contributed by atoms with Gasteiger partial charge in [-0.15, -0.1) is 0 Å². The molecule has 96 valence electrons. The fourth-order valence-electron chi connectivity index (χ4n) is 1.72. The van der Waals surface area contributed by atoms with Crippen molar-refractivity contribution in [3.8, 4) is 0 Å². The van der Waals surface area contributed by atoms with Gasteiger partial charge in [0.2, 0.25) is 0 Å². The summed E-state index contributed by atoms with van der Waals surface area (Å²) < 4.78 is 22.6. The lowest BCUT2D eigenvalue weighted by atomic mass is 9.98. The molecule has 0 amide bonds. The second kappa shape index (κ2) is 5.62. The van der Waals surface area contributed by atoms with E-state index in [1.807, 2.05) is 12.1 Å². The van der Waals surface area contributed by atoms with Crippen LogP contribution in [0.25, 0.3) is 0 Å². The minimum atomic E-state index is -3.13. The van der Waals surface area contributed by atoms with E-state index in [0.717, 1.165) is 12.0 Å². The van der Waals surface area contributed by atoms with Gasteiger partial charge < -0.3 is 0 Å². The van der Waals surface area contributed by atoms with Crippen molar-refractivity contribution in [1.82, 2.24) is 5.43 Å². The molecule has 1 unspecified atom stereocenters. The van der Waals surface area contributed by atoms with Crippen LogP contribution in [0.3, 0.4) is 0 Å². The zero-order valence-electron chi connectivity index (χ0n) is 10.5. The Labute approximate surface area is 103 Å². The van der Waals surface area contributed by atoms with Crippen LogP contribution < -0.4 is 11.3 Å². The molecule has 4 nitrogen and oxygen atoms in total. The Balaban J connectivity index is 2.93. The van der Waals surface area contributed by atoms with Crippen molar-refractivity contribution < 1.29 is 8.42 Å². The van der Waals surface area contributed by atoms with Crippen molar-refractivity contribution in [1.29, 1.82) is 0 Å². The predicted octanol–water partition coefficient (Wildman–Crippen LogP) is 1.64. The number of sulfone groups is 1. The second-order valence-corrected chi connectivity index (χ2v) is 6.71. The quantitative estimate of drug-likeness (QED) is 0.620. The summed E-state index contributed by atoms with van der Waals surface area (Å²) in [7, 11) is -3.13. The summed E-state index contributed by atoms with van der Waals surface area (Å²) >= 11 is 0. The fraction of sp³-hybridized carbons (Fsp3) is 0.500. The Morgan fingerprint density at radius 2 is 1.76 bits per heavy atom. The topological polar surface area (TPSA) is 72.2 Å². The van der Waals surface area contributed by atoms with Crippen molar-refractivity contribution in [2.45, 2.75) is 31.2 Å². The van der Waals surface area contributed by atoms with Crippen molar-refractivity contribution in [2.75, 3.05) is 6.26 Å². The van der Waals surface area contributed by atoms with E-state index in [9.17, 15) is 8.42 Å². The number of hydrogen-bond acceptors (Lipinski definition) is 4. The Morgan fingerprint density at radius 3 is 2.12 bits per heavy atom. The summed E-state index contributed by atoms with van der Waals surface area (Å²) in [5.74, 6) is 6.03. The SMILES string of the molecule is CC(C)CC(NN)c1ccc(S(C)(=O)=O)cc1. The first-order chi connectivity index (χ1) is 7.84. The van der Waals surface area contributed by atoms with Crippen LogP contribution in [0.2, 0.25) is 0 Å². The summed E-state index contributed by atoms with van der Waals surface area (Å²) in [6.07, 6.45) is 2.11. The van der Waals surface area contributed by atoms with Crippen LogP contribution in [0.5, 0.6) is 0 Å². The van der Waals surface area contributed by atoms with Crippen LogP contribution in [0.1, 0.15) is 31.9 Å². The van der Waals surface area contributed by atoms with Crippen molar-refractivity contribution in [2.24, 2.45) is 11.8 Å². The smallest absolute Gasteiger partial charge is 0.175 e. The van der Waals surface area contributed by atoms with E-state index < -0.39 is 9.84 Å². The normalized spacial score (nSPS) is 13.9. The molecule has 0 radical (unpaired) electrons. The lowest BCUT2D eigenvalue weighted by Gasteiger charge is -2.18. The van der Waals surface area contributed by atoms with Crippen molar-refractivity contribution >= 4 is 9.84 Å². The molecule has 0 aromatic heterocycles. The van der Waals surface area contributed by atoms with Crippen molar-refractivity contribution in [3.05, 3.63) is 29.8 Å². The van der Waals surface area contributed by atoms with Crippen molar-refractivity contribution in [3.63, 3.8) is 0 Å². The van der Waals surface area contributed by atoms with Gasteiger partial charge in [0.05, 0.1) is 4.90 Å². The van der Waals surface area contributed by atoms with E-state index >= 15 is 0 Å². The minimum absolute atomic E-state index is 0.0589. The zero-order valence-corrected chi connectivity index (χ0v) is 11.3. The molecular formula is C12H20N2O2S. The maximum atomic E-state index is 11.3. The number of hydrazine groups is 1. The number of benzene rings is 1. The largest absolute Gasteiger partial charge is 0.271 e. The van der Waals surface area contributed by atoms with Gasteiger partial charge in [0, 0.05) is 12.3 Å². The predicted molar refractivity (Wildman–Crippen MR) is 69.1 cm³/mol. The highest BCUT2D eigenvalue weighted by molar-refractivity contribution is 7.90. The van der Waals surface area contributed by atoms with Gasteiger partial charge in [0.25, 0.3) is 0 Å². The van der Waals surface area contributed by atoms with E-state index in [0.29, 0.717) is 10.8 Å². The van der Waals surface area contributed by atoms with Gasteiger partial charge in [0.1, 0.15) is 0 Å². The molecule has 0 saturated carbocycles. The highest BCUT2D eigenvalue weighted by atomic mass is 32.2. The third-order valence-corrected chi connectivity index (χ3v) is 3.75. The number of nitrogens with one attached hydrogen (secondary N) is 1. The van der Waals surface area contributed by atoms with Gasteiger partial charge in [0.15, 0.2) is 9.84 Å². The van der Waals surface area contributed by atoms with Crippen LogP contribution in [0.4, 0.5) is 0 Å². The molecule has 1 rings (SSSR count). The number of hydrogen-bond donors (Lipinski definition) is 2. The molecule has 0 aliphatic rings. The van der Waals surface area contributed by atoms with Gasteiger partial charge in [-0.05, 0) is 30.0 Å². The van der Waals surface area contributed by atoms with Gasteiger partial charge in [-0.1, -0.05) is 26.0 Å². The lowest BCUT2D eigenvalue weighted by Crippen LogP contribution is -2.29. The summed E-state index contributed by atoms with van der Waals surface area (Å²) in [5.41, 5.74) is 3.77. The van der Waals surface area contributed by atoms with Gasteiger partial charge >= 0.3 is 0 Å². The number of nitrogens with two attached hydrogens (primary N) is 1. The highest BCUT2D eigenvalue weighted by Gasteiger charge is 2.13. The van der Waals surface area contributed by atoms with E-state index in [1.54, 1.807) is 12.1 Å². The highest BCUT2D eigenvalue weighted by Crippen LogP contribution is 2.21. The average Bonchev–Trinajstić information content (AvgIpc) is 2.24. The molecule has 0 heterocycles. The molecule has 1 atom stereocenters. The molecule has 3 N–H and O–H groups in total. The van der Waals surface area contributed by atoms with E-state index in [-0.39, 0.29) is 6.04 Å². The summed E-state index contributed by atoms with van der Waals surface area (Å²) in [5, 5.41) is 0. The lowest BCUT2D eigenvalue weighted by molar-refractivity contribution is 0.438. The summed E-state index contributed by atoms with van der Waals surface area (Å²) in [4.78, 5) is 0.335. The molecule has 0 fully saturated rings. The maximum Gasteiger partial charge on any atom is 0.175 e.